The molecule has 5 heteroatoms. The van der Waals surface area contributed by atoms with Gasteiger partial charge in [0.1, 0.15) is 5.60 Å². The fraction of sp³-hybridized carbons (Fsp3) is 0.636. The van der Waals surface area contributed by atoms with E-state index in [9.17, 15) is 14.7 Å². The van der Waals surface area contributed by atoms with E-state index in [0.717, 1.165) is 4.90 Å². The van der Waals surface area contributed by atoms with Crippen LogP contribution in [0.4, 0.5) is 4.79 Å². The van der Waals surface area contributed by atoms with E-state index >= 15 is 0 Å². The Morgan fingerprint density at radius 1 is 1.62 bits per heavy atom. The maximum atomic E-state index is 11.7. The molecule has 5 nitrogen and oxygen atoms in total. The predicted octanol–water partition coefficient (Wildman–Crippen LogP) is 1.07. The molecule has 0 unspecified atom stereocenters. The summed E-state index contributed by atoms with van der Waals surface area (Å²) in [5, 5.41) is 9.54. The van der Waals surface area contributed by atoms with Crippen molar-refractivity contribution in [3.8, 4) is 0 Å². The zero-order chi connectivity index (χ0) is 12.5. The molecule has 0 aromatic heterocycles. The van der Waals surface area contributed by atoms with Gasteiger partial charge in [-0.2, -0.15) is 0 Å². The van der Waals surface area contributed by atoms with Gasteiger partial charge in [0.15, 0.2) is 0 Å². The van der Waals surface area contributed by atoms with Crippen LogP contribution in [0.5, 0.6) is 0 Å². The zero-order valence-electron chi connectivity index (χ0n) is 9.77. The smallest absolute Gasteiger partial charge is 0.417 e. The van der Waals surface area contributed by atoms with Crippen LogP contribution in [0, 0.1) is 0 Å². The summed E-state index contributed by atoms with van der Waals surface area (Å²) in [4.78, 5) is 24.1. The summed E-state index contributed by atoms with van der Waals surface area (Å²) in [6.07, 6.45) is -0.327. The Balaban J connectivity index is 2.82. The Morgan fingerprint density at radius 3 is 2.62 bits per heavy atom. The first kappa shape index (κ1) is 12.7. The fourth-order valence-electron chi connectivity index (χ4n) is 1.53. The molecule has 0 aliphatic carbocycles. The number of carbonyl (C=O) groups excluding carboxylic acids is 2. The monoisotopic (exact) mass is 227 g/mol. The highest BCUT2D eigenvalue weighted by molar-refractivity contribution is 5.95. The van der Waals surface area contributed by atoms with Crippen molar-refractivity contribution in [1.29, 1.82) is 0 Å². The predicted molar refractivity (Wildman–Crippen MR) is 57.7 cm³/mol. The maximum Gasteiger partial charge on any atom is 0.417 e. The minimum absolute atomic E-state index is 0.0735. The molecule has 1 saturated heterocycles. The van der Waals surface area contributed by atoms with Crippen molar-refractivity contribution in [3.63, 3.8) is 0 Å². The van der Waals surface area contributed by atoms with Crippen molar-refractivity contribution in [1.82, 2.24) is 4.90 Å². The van der Waals surface area contributed by atoms with E-state index in [2.05, 4.69) is 6.58 Å². The molecule has 0 aromatic carbocycles. The van der Waals surface area contributed by atoms with Crippen molar-refractivity contribution in [2.75, 3.05) is 0 Å². The Morgan fingerprint density at radius 2 is 2.19 bits per heavy atom. The minimum Gasteiger partial charge on any atom is -0.443 e. The molecule has 2 atom stereocenters. The van der Waals surface area contributed by atoms with Gasteiger partial charge in [0.2, 0.25) is 5.91 Å². The van der Waals surface area contributed by atoms with Gasteiger partial charge in [-0.1, -0.05) is 6.08 Å². The fourth-order valence-corrected chi connectivity index (χ4v) is 1.53. The quantitative estimate of drug-likeness (QED) is 0.680. The van der Waals surface area contributed by atoms with Gasteiger partial charge in [-0.25, -0.2) is 9.69 Å². The highest BCUT2D eigenvalue weighted by atomic mass is 16.6. The Labute approximate surface area is 94.7 Å². The van der Waals surface area contributed by atoms with Crippen LogP contribution in [0.1, 0.15) is 27.2 Å². The highest BCUT2D eigenvalue weighted by Gasteiger charge is 2.42. The van der Waals surface area contributed by atoms with E-state index in [-0.39, 0.29) is 6.42 Å². The third-order valence-electron chi connectivity index (χ3n) is 2.18. The molecule has 90 valence electrons. The molecule has 1 N–H and O–H groups in total. The van der Waals surface area contributed by atoms with Crippen LogP contribution in [0.15, 0.2) is 12.7 Å². The van der Waals surface area contributed by atoms with Crippen molar-refractivity contribution < 1.29 is 19.4 Å². The van der Waals surface area contributed by atoms with E-state index < -0.39 is 29.7 Å². The molecule has 1 aliphatic rings. The highest BCUT2D eigenvalue weighted by Crippen LogP contribution is 2.23. The minimum atomic E-state index is -0.891. The van der Waals surface area contributed by atoms with Crippen molar-refractivity contribution in [3.05, 3.63) is 12.7 Å². The van der Waals surface area contributed by atoms with Crippen molar-refractivity contribution >= 4 is 12.0 Å². The van der Waals surface area contributed by atoms with Crippen LogP contribution >= 0.6 is 0 Å². The topological polar surface area (TPSA) is 66.8 Å². The molecule has 1 rings (SSSR count). The number of hydrogen-bond donors (Lipinski definition) is 1. The standard InChI is InChI=1S/C11H17NO4/c1-5-7-8(13)6-9(14)12(7)10(15)16-11(2,3)4/h5,7-8,13H,1,6H2,2-4H3/t7-,8-/m0/s1. The molecule has 0 radical (unpaired) electrons. The third-order valence-corrected chi connectivity index (χ3v) is 2.18. The number of rotatable bonds is 1. The molecular formula is C11H17NO4. The van der Waals surface area contributed by atoms with E-state index in [1.807, 2.05) is 0 Å². The first-order valence-corrected chi connectivity index (χ1v) is 5.12. The van der Waals surface area contributed by atoms with E-state index in [4.69, 9.17) is 4.74 Å². The Kier molecular flexibility index (Phi) is 3.38. The molecule has 0 bridgehead atoms. The second-order valence-corrected chi connectivity index (χ2v) is 4.74. The Bertz CT molecular complexity index is 318. The van der Waals surface area contributed by atoms with Gasteiger partial charge in [0.25, 0.3) is 0 Å². The Hall–Kier alpha value is -1.36. The van der Waals surface area contributed by atoms with E-state index in [1.54, 1.807) is 20.8 Å². The summed E-state index contributed by atoms with van der Waals surface area (Å²) in [6, 6.07) is -0.692. The van der Waals surface area contributed by atoms with Gasteiger partial charge in [-0.15, -0.1) is 6.58 Å². The lowest BCUT2D eigenvalue weighted by Crippen LogP contribution is -2.43. The first-order valence-electron chi connectivity index (χ1n) is 5.12. The lowest BCUT2D eigenvalue weighted by Gasteiger charge is -2.26. The van der Waals surface area contributed by atoms with E-state index in [0.29, 0.717) is 0 Å². The molecular weight excluding hydrogens is 210 g/mol. The van der Waals surface area contributed by atoms with Gasteiger partial charge < -0.3 is 9.84 Å². The second-order valence-electron chi connectivity index (χ2n) is 4.74. The van der Waals surface area contributed by atoms with Crippen LogP contribution < -0.4 is 0 Å². The molecule has 1 fully saturated rings. The number of imide groups is 1. The van der Waals surface area contributed by atoms with Crippen LogP contribution in [0.25, 0.3) is 0 Å². The number of hydrogen-bond acceptors (Lipinski definition) is 4. The summed E-state index contributed by atoms with van der Waals surface area (Å²) >= 11 is 0. The van der Waals surface area contributed by atoms with Gasteiger partial charge in [-0.3, -0.25) is 4.79 Å². The molecule has 0 aromatic rings. The summed E-state index contributed by atoms with van der Waals surface area (Å²) < 4.78 is 5.08. The lowest BCUT2D eigenvalue weighted by molar-refractivity contribution is -0.127. The number of nitrogens with zero attached hydrogens (tertiary/aromatic N) is 1. The van der Waals surface area contributed by atoms with Gasteiger partial charge in [-0.05, 0) is 20.8 Å². The summed E-state index contributed by atoms with van der Waals surface area (Å²) in [7, 11) is 0. The van der Waals surface area contributed by atoms with Crippen LogP contribution in [-0.4, -0.2) is 39.8 Å². The molecule has 16 heavy (non-hydrogen) atoms. The number of ether oxygens (including phenoxy) is 1. The summed E-state index contributed by atoms with van der Waals surface area (Å²) in [6.45, 7) is 8.63. The number of aliphatic hydroxyl groups excluding tert-OH is 1. The maximum absolute atomic E-state index is 11.7. The molecule has 2 amide bonds. The third kappa shape index (κ3) is 2.61. The number of carbonyl (C=O) groups is 2. The second kappa shape index (κ2) is 4.25. The van der Waals surface area contributed by atoms with Gasteiger partial charge >= 0.3 is 6.09 Å². The summed E-state index contributed by atoms with van der Waals surface area (Å²) in [5.41, 5.74) is -0.670. The van der Waals surface area contributed by atoms with Gasteiger partial charge in [0.05, 0.1) is 18.6 Å². The molecule has 0 spiro atoms. The largest absolute Gasteiger partial charge is 0.443 e. The molecule has 0 saturated carbocycles. The van der Waals surface area contributed by atoms with Crippen LogP contribution in [-0.2, 0) is 9.53 Å². The van der Waals surface area contributed by atoms with E-state index in [1.165, 1.54) is 6.08 Å². The molecule has 1 heterocycles. The SMILES string of the molecule is C=C[C@H]1[C@@H](O)CC(=O)N1C(=O)OC(C)(C)C. The first-order chi connectivity index (χ1) is 7.26. The average Bonchev–Trinajstić information content (AvgIpc) is 2.37. The normalized spacial score (nSPS) is 25.8. The number of likely N-dealkylation sites (tertiary alicyclic amines) is 1. The number of amides is 2. The van der Waals surface area contributed by atoms with Crippen molar-refractivity contribution in [2.45, 2.75) is 44.9 Å². The van der Waals surface area contributed by atoms with Gasteiger partial charge in [0, 0.05) is 0 Å². The van der Waals surface area contributed by atoms with Crippen LogP contribution in [0.3, 0.4) is 0 Å². The zero-order valence-corrected chi connectivity index (χ0v) is 9.77. The van der Waals surface area contributed by atoms with Crippen LogP contribution in [0.2, 0.25) is 0 Å². The summed E-state index contributed by atoms with van der Waals surface area (Å²) in [5.74, 6) is -0.438. The van der Waals surface area contributed by atoms with Crippen molar-refractivity contribution in [2.24, 2.45) is 0 Å². The number of aliphatic hydroxyl groups is 1. The lowest BCUT2D eigenvalue weighted by atomic mass is 10.2. The average molecular weight is 227 g/mol. The molecule has 1 aliphatic heterocycles.